The summed E-state index contributed by atoms with van der Waals surface area (Å²) in [6.45, 7) is 3.63. The van der Waals surface area contributed by atoms with Crippen LogP contribution in [0.15, 0.2) is 0 Å². The highest BCUT2D eigenvalue weighted by Crippen LogP contribution is 2.16. The molecule has 2 unspecified atom stereocenters. The molecule has 0 aromatic rings. The van der Waals surface area contributed by atoms with E-state index < -0.39 is 15.4 Å². The van der Waals surface area contributed by atoms with Gasteiger partial charge in [0.25, 0.3) is 10.1 Å². The van der Waals surface area contributed by atoms with Gasteiger partial charge in [0, 0.05) is 0 Å². The summed E-state index contributed by atoms with van der Waals surface area (Å²) in [5.74, 6) is 0. The lowest BCUT2D eigenvalue weighted by atomic mass is 10.0. The Hall–Kier alpha value is -0.130. The molecule has 4 nitrogen and oxygen atoms in total. The van der Waals surface area contributed by atoms with Crippen LogP contribution in [0.1, 0.15) is 142 Å². The van der Waals surface area contributed by atoms with E-state index in [1.54, 1.807) is 6.92 Å². The minimum absolute atomic E-state index is 0.0792. The fraction of sp³-hybridized carbons (Fsp3) is 1.00. The molecule has 2 N–H and O–H groups in total. The number of aliphatic hydroxyl groups excluding tert-OH is 1. The van der Waals surface area contributed by atoms with Crippen LogP contribution in [0.4, 0.5) is 0 Å². The van der Waals surface area contributed by atoms with Crippen molar-refractivity contribution in [2.75, 3.05) is 0 Å². The Morgan fingerprint density at radius 3 is 1.14 bits per heavy atom. The van der Waals surface area contributed by atoms with E-state index in [9.17, 15) is 13.5 Å². The summed E-state index contributed by atoms with van der Waals surface area (Å²) in [7, 11) is -3.84. The zero-order valence-corrected chi connectivity index (χ0v) is 20.2. The van der Waals surface area contributed by atoms with Gasteiger partial charge in [-0.05, 0) is 26.2 Å². The second kappa shape index (κ2) is 19.8. The van der Waals surface area contributed by atoms with E-state index >= 15 is 0 Å². The lowest BCUT2D eigenvalue weighted by Crippen LogP contribution is -2.16. The highest BCUT2D eigenvalue weighted by Gasteiger charge is 2.15. The predicted molar refractivity (Wildman–Crippen MR) is 125 cm³/mol. The summed E-state index contributed by atoms with van der Waals surface area (Å²) in [6.07, 6.45) is 24.1. The minimum Gasteiger partial charge on any atom is -0.393 e. The number of rotatable bonds is 22. The topological polar surface area (TPSA) is 74.6 Å². The van der Waals surface area contributed by atoms with Gasteiger partial charge in [-0.1, -0.05) is 116 Å². The van der Waals surface area contributed by atoms with Gasteiger partial charge >= 0.3 is 0 Å². The third-order valence-electron chi connectivity index (χ3n) is 6.13. The molecule has 0 saturated heterocycles. The van der Waals surface area contributed by atoms with Crippen molar-refractivity contribution in [3.05, 3.63) is 0 Å². The molecule has 29 heavy (non-hydrogen) atoms. The maximum absolute atomic E-state index is 10.9. The Bertz CT molecular complexity index is 436. The Balaban J connectivity index is 3.14. The maximum Gasteiger partial charge on any atom is 0.267 e. The molecule has 0 aliphatic carbocycles. The smallest absolute Gasteiger partial charge is 0.267 e. The summed E-state index contributed by atoms with van der Waals surface area (Å²) in [4.78, 5) is 0. The lowest BCUT2D eigenvalue weighted by Gasteiger charge is -2.07. The van der Waals surface area contributed by atoms with Crippen LogP contribution >= 0.6 is 0 Å². The zero-order valence-electron chi connectivity index (χ0n) is 19.4. The Morgan fingerprint density at radius 2 is 0.862 bits per heavy atom. The van der Waals surface area contributed by atoms with Gasteiger partial charge in [0.1, 0.15) is 0 Å². The Morgan fingerprint density at radius 1 is 0.586 bits per heavy atom. The van der Waals surface area contributed by atoms with E-state index in [2.05, 4.69) is 0 Å². The molecule has 0 amide bonds. The molecule has 0 spiro atoms. The second-order valence-electron chi connectivity index (χ2n) is 8.98. The predicted octanol–water partition coefficient (Wildman–Crippen LogP) is 7.45. The van der Waals surface area contributed by atoms with Crippen molar-refractivity contribution in [1.82, 2.24) is 0 Å². The zero-order chi connectivity index (χ0) is 21.8. The average molecular weight is 435 g/mol. The minimum atomic E-state index is -3.84. The van der Waals surface area contributed by atoms with E-state index in [0.29, 0.717) is 6.42 Å². The van der Waals surface area contributed by atoms with E-state index in [1.165, 1.54) is 96.3 Å². The molecule has 0 bridgehead atoms. The van der Waals surface area contributed by atoms with Gasteiger partial charge in [-0.15, -0.1) is 0 Å². The standard InChI is InChI=1S/C24H50O4S/c1-3-24(25)22-20-18-16-14-12-10-8-6-4-5-7-9-11-13-15-17-19-21-23(2)29(26,27)28/h23-25H,3-22H2,1-2H3,(H,26,27,28). The maximum atomic E-state index is 10.9. The van der Waals surface area contributed by atoms with Gasteiger partial charge in [0.2, 0.25) is 0 Å². The molecule has 176 valence electrons. The third-order valence-corrected chi connectivity index (χ3v) is 7.38. The first-order valence-electron chi connectivity index (χ1n) is 12.5. The first-order chi connectivity index (χ1) is 13.9. The van der Waals surface area contributed by atoms with Gasteiger partial charge in [-0.25, -0.2) is 0 Å². The summed E-state index contributed by atoms with van der Waals surface area (Å²) in [5, 5.41) is 8.89. The first kappa shape index (κ1) is 28.9. The molecule has 0 aromatic heterocycles. The summed E-state index contributed by atoms with van der Waals surface area (Å²) in [5.41, 5.74) is 0. The van der Waals surface area contributed by atoms with Crippen molar-refractivity contribution in [2.24, 2.45) is 0 Å². The Labute approximate surface area is 182 Å². The third kappa shape index (κ3) is 20.9. The molecule has 0 aliphatic heterocycles. The summed E-state index contributed by atoms with van der Waals surface area (Å²) >= 11 is 0. The van der Waals surface area contributed by atoms with Crippen molar-refractivity contribution in [3.63, 3.8) is 0 Å². The monoisotopic (exact) mass is 434 g/mol. The molecule has 5 heteroatoms. The molecule has 0 heterocycles. The van der Waals surface area contributed by atoms with Crippen LogP contribution in [0.3, 0.4) is 0 Å². The molecular formula is C24H50O4S. The van der Waals surface area contributed by atoms with Gasteiger partial charge in [-0.3, -0.25) is 4.55 Å². The molecular weight excluding hydrogens is 384 g/mol. The molecule has 0 radical (unpaired) electrons. The van der Waals surface area contributed by atoms with Crippen molar-refractivity contribution < 1.29 is 18.1 Å². The quantitative estimate of drug-likeness (QED) is 0.137. The van der Waals surface area contributed by atoms with Gasteiger partial charge in [0.15, 0.2) is 0 Å². The van der Waals surface area contributed by atoms with E-state index in [0.717, 1.165) is 25.7 Å². The largest absolute Gasteiger partial charge is 0.393 e. The van der Waals surface area contributed by atoms with Crippen LogP contribution in [0.2, 0.25) is 0 Å². The normalized spacial score (nSPS) is 14.2. The van der Waals surface area contributed by atoms with E-state index in [4.69, 9.17) is 4.55 Å². The van der Waals surface area contributed by atoms with Crippen molar-refractivity contribution in [3.8, 4) is 0 Å². The van der Waals surface area contributed by atoms with Crippen molar-refractivity contribution in [2.45, 2.75) is 154 Å². The number of hydrogen-bond donors (Lipinski definition) is 2. The molecule has 0 aromatic carbocycles. The SMILES string of the molecule is CCC(O)CCCCCCCCCCCCCCCCCCCC(C)S(=O)(=O)O. The average Bonchev–Trinajstić information content (AvgIpc) is 2.68. The van der Waals surface area contributed by atoms with Crippen molar-refractivity contribution in [1.29, 1.82) is 0 Å². The van der Waals surface area contributed by atoms with Crippen LogP contribution in [-0.2, 0) is 10.1 Å². The van der Waals surface area contributed by atoms with Crippen LogP contribution < -0.4 is 0 Å². The summed E-state index contributed by atoms with van der Waals surface area (Å²) in [6, 6.07) is 0. The molecule has 0 saturated carbocycles. The molecule has 0 aliphatic rings. The molecule has 2 atom stereocenters. The molecule has 0 rings (SSSR count). The first-order valence-corrected chi connectivity index (χ1v) is 14.0. The number of aliphatic hydroxyl groups is 1. The van der Waals surface area contributed by atoms with Gasteiger partial charge in [-0.2, -0.15) is 8.42 Å². The number of hydrogen-bond acceptors (Lipinski definition) is 3. The van der Waals surface area contributed by atoms with E-state index in [-0.39, 0.29) is 6.10 Å². The highest BCUT2D eigenvalue weighted by molar-refractivity contribution is 7.86. The highest BCUT2D eigenvalue weighted by atomic mass is 32.2. The number of unbranched alkanes of at least 4 members (excludes halogenated alkanes) is 16. The lowest BCUT2D eigenvalue weighted by molar-refractivity contribution is 0.156. The van der Waals surface area contributed by atoms with E-state index in [1.807, 2.05) is 6.92 Å². The van der Waals surface area contributed by atoms with Crippen LogP contribution in [0.25, 0.3) is 0 Å². The summed E-state index contributed by atoms with van der Waals surface area (Å²) < 4.78 is 30.8. The van der Waals surface area contributed by atoms with Crippen LogP contribution in [-0.4, -0.2) is 29.4 Å². The van der Waals surface area contributed by atoms with Crippen molar-refractivity contribution >= 4 is 10.1 Å². The molecule has 0 fully saturated rings. The van der Waals surface area contributed by atoms with Gasteiger partial charge in [0.05, 0.1) is 11.4 Å². The fourth-order valence-electron chi connectivity index (χ4n) is 3.82. The Kier molecular flexibility index (Phi) is 19.7. The second-order valence-corrected chi connectivity index (χ2v) is 10.8. The van der Waals surface area contributed by atoms with Gasteiger partial charge < -0.3 is 5.11 Å². The fourth-order valence-corrected chi connectivity index (χ4v) is 4.28. The van der Waals surface area contributed by atoms with Crippen LogP contribution in [0.5, 0.6) is 0 Å². The van der Waals surface area contributed by atoms with Crippen LogP contribution in [0, 0.1) is 0 Å².